The van der Waals surface area contributed by atoms with Gasteiger partial charge in [-0.15, -0.1) is 0 Å². The third-order valence-electron chi connectivity index (χ3n) is 4.48. The number of esters is 2. The molecule has 0 radical (unpaired) electrons. The van der Waals surface area contributed by atoms with E-state index in [9.17, 15) is 18.4 Å². The molecule has 0 aromatic heterocycles. The van der Waals surface area contributed by atoms with Gasteiger partial charge in [-0.2, -0.15) is 0 Å². The number of hydrogen-bond acceptors (Lipinski definition) is 4. The Balaban J connectivity index is 1.83. The van der Waals surface area contributed by atoms with Crippen LogP contribution in [0.25, 0.3) is 22.3 Å². The molecule has 0 aliphatic rings. The molecule has 31 heavy (non-hydrogen) atoms. The zero-order valence-electron chi connectivity index (χ0n) is 16.9. The van der Waals surface area contributed by atoms with Gasteiger partial charge in [0.25, 0.3) is 0 Å². The van der Waals surface area contributed by atoms with Crippen molar-refractivity contribution in [1.82, 2.24) is 0 Å². The highest BCUT2D eigenvalue weighted by molar-refractivity contribution is 5.83. The fourth-order valence-electron chi connectivity index (χ4n) is 2.94. The van der Waals surface area contributed by atoms with Crippen LogP contribution >= 0.6 is 0 Å². The minimum absolute atomic E-state index is 0.0768. The highest BCUT2D eigenvalue weighted by Crippen LogP contribution is 2.33. The summed E-state index contributed by atoms with van der Waals surface area (Å²) in [7, 11) is 0. The number of hydrogen-bond donors (Lipinski definition) is 0. The van der Waals surface area contributed by atoms with Crippen molar-refractivity contribution in [3.8, 4) is 33.8 Å². The van der Waals surface area contributed by atoms with Crippen LogP contribution in [0.4, 0.5) is 8.78 Å². The van der Waals surface area contributed by atoms with Crippen LogP contribution in [-0.4, -0.2) is 11.9 Å². The topological polar surface area (TPSA) is 52.6 Å². The molecule has 0 heterocycles. The molecule has 0 N–H and O–H groups in total. The van der Waals surface area contributed by atoms with E-state index in [1.54, 1.807) is 12.1 Å². The molecule has 0 bridgehead atoms. The third-order valence-corrected chi connectivity index (χ3v) is 4.48. The minimum atomic E-state index is -0.994. The first kappa shape index (κ1) is 21.9. The van der Waals surface area contributed by atoms with Crippen LogP contribution in [0.1, 0.15) is 19.8 Å². The Hall–Kier alpha value is -3.80. The first-order chi connectivity index (χ1) is 14.9. The van der Waals surface area contributed by atoms with Crippen molar-refractivity contribution < 1.29 is 27.8 Å². The lowest BCUT2D eigenvalue weighted by Gasteiger charge is -2.10. The Morgan fingerprint density at radius 2 is 1.26 bits per heavy atom. The molecule has 0 aliphatic carbocycles. The third kappa shape index (κ3) is 5.22. The van der Waals surface area contributed by atoms with Crippen LogP contribution in [0.2, 0.25) is 0 Å². The number of rotatable bonds is 7. The average molecular weight is 422 g/mol. The number of halogens is 2. The maximum Gasteiger partial charge on any atom is 0.335 e. The molecular weight excluding hydrogens is 402 g/mol. The normalized spacial score (nSPS) is 10.4. The van der Waals surface area contributed by atoms with Gasteiger partial charge in [-0.3, -0.25) is 4.79 Å². The average Bonchev–Trinajstić information content (AvgIpc) is 2.77. The highest BCUT2D eigenvalue weighted by atomic mass is 19.2. The molecule has 0 saturated carbocycles. The minimum Gasteiger partial charge on any atom is -0.427 e. The molecule has 0 fully saturated rings. The van der Waals surface area contributed by atoms with E-state index in [4.69, 9.17) is 9.47 Å². The molecule has 6 heteroatoms. The number of benzene rings is 3. The number of carbonyl (C=O) groups excluding carboxylic acids is 2. The van der Waals surface area contributed by atoms with Crippen LogP contribution in [0, 0.1) is 11.6 Å². The second kappa shape index (κ2) is 9.80. The Labute approximate surface area is 178 Å². The van der Waals surface area contributed by atoms with Crippen molar-refractivity contribution in [3.63, 3.8) is 0 Å². The van der Waals surface area contributed by atoms with Crippen LogP contribution in [0.5, 0.6) is 11.5 Å². The smallest absolute Gasteiger partial charge is 0.335 e. The van der Waals surface area contributed by atoms with E-state index in [-0.39, 0.29) is 22.8 Å². The van der Waals surface area contributed by atoms with E-state index >= 15 is 0 Å². The van der Waals surface area contributed by atoms with Crippen LogP contribution < -0.4 is 9.47 Å². The van der Waals surface area contributed by atoms with Gasteiger partial charge in [0.15, 0.2) is 11.6 Å². The zero-order valence-corrected chi connectivity index (χ0v) is 16.9. The molecule has 3 aromatic rings. The summed E-state index contributed by atoms with van der Waals surface area (Å²) in [6.07, 6.45) is 2.01. The van der Waals surface area contributed by atoms with E-state index in [0.717, 1.165) is 6.08 Å². The first-order valence-electron chi connectivity index (χ1n) is 9.66. The number of ether oxygens (including phenoxy) is 2. The van der Waals surface area contributed by atoms with Crippen LogP contribution in [0.15, 0.2) is 73.3 Å². The Bertz CT molecular complexity index is 1100. The molecule has 4 nitrogen and oxygen atoms in total. The SMILES string of the molecule is C=CC(=O)Oc1ccc(-c2ccc(-c3ccc(OC(=O)CCC)cc3)c(F)c2F)cc1. The van der Waals surface area contributed by atoms with Crippen molar-refractivity contribution >= 4 is 11.9 Å². The van der Waals surface area contributed by atoms with Gasteiger partial charge in [-0.05, 0) is 41.8 Å². The Morgan fingerprint density at radius 3 is 1.68 bits per heavy atom. The molecule has 0 aliphatic heterocycles. The van der Waals surface area contributed by atoms with Crippen LogP contribution in [-0.2, 0) is 9.59 Å². The summed E-state index contributed by atoms with van der Waals surface area (Å²) in [4.78, 5) is 22.8. The van der Waals surface area contributed by atoms with Gasteiger partial charge >= 0.3 is 11.9 Å². The predicted octanol–water partition coefficient (Wildman–Crippen LogP) is 6.10. The Morgan fingerprint density at radius 1 is 0.806 bits per heavy atom. The molecule has 0 atom stereocenters. The van der Waals surface area contributed by atoms with E-state index in [2.05, 4.69) is 6.58 Å². The van der Waals surface area contributed by atoms with Gasteiger partial charge in [-0.25, -0.2) is 13.6 Å². The van der Waals surface area contributed by atoms with Gasteiger partial charge in [0.05, 0.1) is 0 Å². The van der Waals surface area contributed by atoms with Gasteiger partial charge in [0.2, 0.25) is 0 Å². The van der Waals surface area contributed by atoms with E-state index in [1.165, 1.54) is 48.5 Å². The second-order valence-electron chi connectivity index (χ2n) is 6.69. The van der Waals surface area contributed by atoms with Crippen molar-refractivity contribution in [3.05, 3.63) is 85.0 Å². The molecule has 3 aromatic carbocycles. The fourth-order valence-corrected chi connectivity index (χ4v) is 2.94. The molecule has 0 saturated heterocycles. The highest BCUT2D eigenvalue weighted by Gasteiger charge is 2.16. The summed E-state index contributed by atoms with van der Waals surface area (Å²) in [5.41, 5.74) is 1.04. The van der Waals surface area contributed by atoms with E-state index in [1.807, 2.05) is 6.92 Å². The molecule has 0 unspecified atom stereocenters. The lowest BCUT2D eigenvalue weighted by molar-refractivity contribution is -0.134. The fraction of sp³-hybridized carbons (Fsp3) is 0.120. The standard InChI is InChI=1S/C25H20F2O4/c1-3-5-23(29)31-19-12-8-17(9-13-19)21-15-14-20(24(26)25(21)27)16-6-10-18(11-7-16)30-22(28)4-2/h4,6-15H,2-3,5H2,1H3. The summed E-state index contributed by atoms with van der Waals surface area (Å²) in [6.45, 7) is 5.19. The van der Waals surface area contributed by atoms with E-state index in [0.29, 0.717) is 29.7 Å². The van der Waals surface area contributed by atoms with Crippen molar-refractivity contribution in [2.45, 2.75) is 19.8 Å². The molecule has 0 spiro atoms. The first-order valence-corrected chi connectivity index (χ1v) is 9.66. The maximum absolute atomic E-state index is 14.8. The molecule has 0 amide bonds. The molecular formula is C25H20F2O4. The van der Waals surface area contributed by atoms with Crippen molar-refractivity contribution in [2.75, 3.05) is 0 Å². The summed E-state index contributed by atoms with van der Waals surface area (Å²) in [5.74, 6) is -2.33. The summed E-state index contributed by atoms with van der Waals surface area (Å²) in [6, 6.07) is 15.2. The van der Waals surface area contributed by atoms with Gasteiger partial charge in [-0.1, -0.05) is 49.9 Å². The van der Waals surface area contributed by atoms with Crippen molar-refractivity contribution in [1.29, 1.82) is 0 Å². The number of carbonyl (C=O) groups is 2. The van der Waals surface area contributed by atoms with Crippen molar-refractivity contribution in [2.24, 2.45) is 0 Å². The zero-order chi connectivity index (χ0) is 22.4. The largest absolute Gasteiger partial charge is 0.427 e. The quantitative estimate of drug-likeness (QED) is 0.262. The summed E-state index contributed by atoms with van der Waals surface area (Å²) in [5, 5.41) is 0. The van der Waals surface area contributed by atoms with E-state index < -0.39 is 17.6 Å². The summed E-state index contributed by atoms with van der Waals surface area (Å²) >= 11 is 0. The monoisotopic (exact) mass is 422 g/mol. The van der Waals surface area contributed by atoms with Gasteiger partial charge in [0, 0.05) is 23.6 Å². The van der Waals surface area contributed by atoms with Crippen LogP contribution in [0.3, 0.4) is 0 Å². The lowest BCUT2D eigenvalue weighted by Crippen LogP contribution is -2.06. The second-order valence-corrected chi connectivity index (χ2v) is 6.69. The lowest BCUT2D eigenvalue weighted by atomic mass is 9.98. The van der Waals surface area contributed by atoms with Gasteiger partial charge < -0.3 is 9.47 Å². The Kier molecular flexibility index (Phi) is 6.92. The molecule has 3 rings (SSSR count). The summed E-state index contributed by atoms with van der Waals surface area (Å²) < 4.78 is 39.7. The van der Waals surface area contributed by atoms with Gasteiger partial charge in [0.1, 0.15) is 11.5 Å². The predicted molar refractivity (Wildman–Crippen MR) is 114 cm³/mol. The maximum atomic E-state index is 14.8. The molecule has 158 valence electrons.